The molecule has 3 N–H and O–H groups in total. The van der Waals surface area contributed by atoms with Crippen LogP contribution < -0.4 is 16.0 Å². The van der Waals surface area contributed by atoms with Crippen molar-refractivity contribution in [2.24, 2.45) is 11.7 Å². The molecule has 26 heavy (non-hydrogen) atoms. The van der Waals surface area contributed by atoms with Gasteiger partial charge in [0.2, 0.25) is 5.91 Å². The molecule has 152 valence electrons. The van der Waals surface area contributed by atoms with Crippen LogP contribution in [0.3, 0.4) is 0 Å². The minimum Gasteiger partial charge on any atom is -0.369 e. The zero-order valence-electron chi connectivity index (χ0n) is 15.2. The molecule has 1 heterocycles. The maximum atomic E-state index is 13.0. The lowest BCUT2D eigenvalue weighted by molar-refractivity contribution is -0.124. The third kappa shape index (κ3) is 8.27. The number of halogens is 4. The summed E-state index contributed by atoms with van der Waals surface area (Å²) < 4.78 is 13.0. The number of rotatable bonds is 6. The fraction of sp³-hybridized carbons (Fsp3) is 0.588. The molecule has 0 saturated carbocycles. The third-order valence-corrected chi connectivity index (χ3v) is 4.49. The van der Waals surface area contributed by atoms with E-state index in [9.17, 15) is 9.18 Å². The molecule has 0 spiro atoms. The quantitative estimate of drug-likeness (QED) is 0.725. The van der Waals surface area contributed by atoms with E-state index >= 15 is 0 Å². The summed E-state index contributed by atoms with van der Waals surface area (Å²) in [5.74, 6) is -0.348. The van der Waals surface area contributed by atoms with Crippen LogP contribution in [0.2, 0.25) is 0 Å². The second-order valence-electron chi connectivity index (χ2n) is 6.24. The number of benzene rings is 1. The molecule has 0 aliphatic carbocycles. The number of hydrogen-bond donors (Lipinski definition) is 2. The molecule has 2 atom stereocenters. The molecule has 9 heteroatoms. The smallest absolute Gasteiger partial charge is 0.224 e. The first-order chi connectivity index (χ1) is 11.0. The number of carbonyl (C=O) groups is 1. The van der Waals surface area contributed by atoms with Gasteiger partial charge in [-0.25, -0.2) is 4.39 Å². The first-order valence-electron chi connectivity index (χ1n) is 8.23. The van der Waals surface area contributed by atoms with Gasteiger partial charge in [0.1, 0.15) is 5.82 Å². The van der Waals surface area contributed by atoms with Gasteiger partial charge in [-0.15, -0.1) is 37.2 Å². The molecule has 1 aliphatic rings. The van der Waals surface area contributed by atoms with Crippen molar-refractivity contribution in [1.82, 2.24) is 10.2 Å². The van der Waals surface area contributed by atoms with E-state index in [1.807, 2.05) is 26.0 Å². The normalized spacial score (nSPS) is 16.4. The van der Waals surface area contributed by atoms with Gasteiger partial charge in [-0.05, 0) is 31.2 Å². The molecular formula is C17H30Cl3FN4O. The molecule has 1 aliphatic heterocycles. The number of carbonyl (C=O) groups excluding carboxylic acids is 1. The van der Waals surface area contributed by atoms with Crippen LogP contribution in [0.15, 0.2) is 24.3 Å². The third-order valence-electron chi connectivity index (χ3n) is 4.49. The van der Waals surface area contributed by atoms with Crippen LogP contribution >= 0.6 is 37.2 Å². The van der Waals surface area contributed by atoms with Crippen molar-refractivity contribution in [3.05, 3.63) is 30.1 Å². The minimum absolute atomic E-state index is 0. The largest absolute Gasteiger partial charge is 0.369 e. The number of anilines is 1. The second-order valence-corrected chi connectivity index (χ2v) is 6.24. The van der Waals surface area contributed by atoms with Crippen molar-refractivity contribution in [1.29, 1.82) is 0 Å². The summed E-state index contributed by atoms with van der Waals surface area (Å²) in [5.41, 5.74) is 6.79. The summed E-state index contributed by atoms with van der Waals surface area (Å²) in [5, 5.41) is 2.94. The maximum Gasteiger partial charge on any atom is 0.224 e. The molecule has 2 unspecified atom stereocenters. The molecule has 0 radical (unpaired) electrons. The SMILES string of the molecule is CC(N)C(C)C(=O)NCCN1CCN(c2ccc(F)cc2)CC1.Cl.Cl.Cl. The molecule has 2 rings (SSSR count). The van der Waals surface area contributed by atoms with Crippen molar-refractivity contribution in [2.75, 3.05) is 44.2 Å². The Morgan fingerprint density at radius 3 is 2.15 bits per heavy atom. The zero-order chi connectivity index (χ0) is 16.8. The van der Waals surface area contributed by atoms with E-state index < -0.39 is 0 Å². The number of hydrogen-bond acceptors (Lipinski definition) is 4. The van der Waals surface area contributed by atoms with Gasteiger partial charge >= 0.3 is 0 Å². The van der Waals surface area contributed by atoms with E-state index in [0.717, 1.165) is 38.4 Å². The van der Waals surface area contributed by atoms with E-state index in [1.165, 1.54) is 12.1 Å². The number of nitrogens with zero attached hydrogens (tertiary/aromatic N) is 2. The van der Waals surface area contributed by atoms with Crippen molar-refractivity contribution >= 4 is 48.8 Å². The van der Waals surface area contributed by atoms with Crippen molar-refractivity contribution in [3.8, 4) is 0 Å². The molecule has 0 bridgehead atoms. The highest BCUT2D eigenvalue weighted by Gasteiger charge is 2.19. The Balaban J connectivity index is 0. The Morgan fingerprint density at radius 2 is 1.65 bits per heavy atom. The Hall–Kier alpha value is -0.790. The van der Waals surface area contributed by atoms with Gasteiger partial charge < -0.3 is 16.0 Å². The summed E-state index contributed by atoms with van der Waals surface area (Å²) in [6.45, 7) is 8.89. The van der Waals surface area contributed by atoms with Crippen LogP contribution in [-0.2, 0) is 4.79 Å². The Labute approximate surface area is 174 Å². The second kappa shape index (κ2) is 13.4. The van der Waals surface area contributed by atoms with Crippen LogP contribution in [0.5, 0.6) is 0 Å². The van der Waals surface area contributed by atoms with E-state index in [-0.39, 0.29) is 60.9 Å². The van der Waals surface area contributed by atoms with Crippen LogP contribution in [-0.4, -0.2) is 56.1 Å². The van der Waals surface area contributed by atoms with E-state index in [4.69, 9.17) is 5.73 Å². The number of amides is 1. The molecule has 1 aromatic rings. The molecular weight excluding hydrogens is 402 g/mol. The summed E-state index contributed by atoms with van der Waals surface area (Å²) in [7, 11) is 0. The van der Waals surface area contributed by atoms with Crippen molar-refractivity contribution in [3.63, 3.8) is 0 Å². The predicted molar refractivity (Wildman–Crippen MR) is 113 cm³/mol. The van der Waals surface area contributed by atoms with Crippen LogP contribution in [0.25, 0.3) is 0 Å². The topological polar surface area (TPSA) is 61.6 Å². The van der Waals surface area contributed by atoms with Crippen LogP contribution in [0.1, 0.15) is 13.8 Å². The molecule has 5 nitrogen and oxygen atoms in total. The summed E-state index contributed by atoms with van der Waals surface area (Å²) in [6, 6.07) is 6.50. The van der Waals surface area contributed by atoms with E-state index in [0.29, 0.717) is 6.54 Å². The Morgan fingerprint density at radius 1 is 1.12 bits per heavy atom. The van der Waals surface area contributed by atoms with Gasteiger partial charge in [-0.2, -0.15) is 0 Å². The molecule has 1 amide bonds. The number of nitrogens with one attached hydrogen (secondary N) is 1. The first-order valence-corrected chi connectivity index (χ1v) is 8.23. The summed E-state index contributed by atoms with van der Waals surface area (Å²) in [4.78, 5) is 16.4. The van der Waals surface area contributed by atoms with Crippen LogP contribution in [0, 0.1) is 11.7 Å². The van der Waals surface area contributed by atoms with Gasteiger partial charge in [0.05, 0.1) is 0 Å². The molecule has 1 fully saturated rings. The average Bonchev–Trinajstić information content (AvgIpc) is 2.55. The fourth-order valence-electron chi connectivity index (χ4n) is 2.62. The Kier molecular flexibility index (Phi) is 14.1. The number of piperazine rings is 1. The fourth-order valence-corrected chi connectivity index (χ4v) is 2.62. The van der Waals surface area contributed by atoms with Gasteiger partial charge in [0, 0.05) is 56.9 Å². The predicted octanol–water partition coefficient (Wildman–Crippen LogP) is 2.31. The van der Waals surface area contributed by atoms with Gasteiger partial charge in [0.25, 0.3) is 0 Å². The van der Waals surface area contributed by atoms with Gasteiger partial charge in [-0.1, -0.05) is 6.92 Å². The average molecular weight is 432 g/mol. The molecule has 0 aromatic heterocycles. The van der Waals surface area contributed by atoms with E-state index in [2.05, 4.69) is 15.1 Å². The van der Waals surface area contributed by atoms with Gasteiger partial charge in [-0.3, -0.25) is 9.69 Å². The molecule has 1 saturated heterocycles. The van der Waals surface area contributed by atoms with Crippen LogP contribution in [0.4, 0.5) is 10.1 Å². The van der Waals surface area contributed by atoms with E-state index in [1.54, 1.807) is 0 Å². The highest BCUT2D eigenvalue weighted by molar-refractivity contribution is 5.86. The van der Waals surface area contributed by atoms with Crippen molar-refractivity contribution < 1.29 is 9.18 Å². The molecule has 1 aromatic carbocycles. The highest BCUT2D eigenvalue weighted by Crippen LogP contribution is 2.16. The lowest BCUT2D eigenvalue weighted by Gasteiger charge is -2.36. The Bertz CT molecular complexity index is 511. The maximum absolute atomic E-state index is 13.0. The highest BCUT2D eigenvalue weighted by atomic mass is 35.5. The standard InChI is InChI=1S/C17H27FN4O.3ClH/c1-13(14(2)19)17(23)20-7-8-21-9-11-22(12-10-21)16-5-3-15(18)4-6-16;;;/h3-6,13-14H,7-12,19H2,1-2H3,(H,20,23);3*1H. The number of nitrogens with two attached hydrogens (primary N) is 1. The summed E-state index contributed by atoms with van der Waals surface area (Å²) >= 11 is 0. The summed E-state index contributed by atoms with van der Waals surface area (Å²) in [6.07, 6.45) is 0. The lowest BCUT2D eigenvalue weighted by atomic mass is 10.0. The minimum atomic E-state index is -0.204. The first kappa shape index (κ1) is 27.4. The van der Waals surface area contributed by atoms with Gasteiger partial charge in [0.15, 0.2) is 0 Å². The zero-order valence-corrected chi connectivity index (χ0v) is 17.6. The lowest BCUT2D eigenvalue weighted by Crippen LogP contribution is -2.49. The monoisotopic (exact) mass is 430 g/mol. The van der Waals surface area contributed by atoms with Crippen molar-refractivity contribution in [2.45, 2.75) is 19.9 Å².